The Kier molecular flexibility index (Phi) is 8.50. The van der Waals surface area contributed by atoms with Crippen molar-refractivity contribution in [2.45, 2.75) is 51.9 Å². The van der Waals surface area contributed by atoms with Gasteiger partial charge in [0.1, 0.15) is 0 Å². The van der Waals surface area contributed by atoms with Gasteiger partial charge in [0.05, 0.1) is 18.8 Å². The fourth-order valence-corrected chi connectivity index (χ4v) is 4.16. The van der Waals surface area contributed by atoms with Gasteiger partial charge in [-0.25, -0.2) is 0 Å². The van der Waals surface area contributed by atoms with Crippen molar-refractivity contribution in [2.24, 2.45) is 0 Å². The summed E-state index contributed by atoms with van der Waals surface area (Å²) in [7, 11) is 0. The van der Waals surface area contributed by atoms with Gasteiger partial charge < -0.3 is 15.2 Å². The Labute approximate surface area is 197 Å². The van der Waals surface area contributed by atoms with Gasteiger partial charge in [0, 0.05) is 17.1 Å². The zero-order valence-corrected chi connectivity index (χ0v) is 20.2. The molecular formula is C28H34ClNO2. The second kappa shape index (κ2) is 11.1. The highest BCUT2D eigenvalue weighted by atomic mass is 35.5. The predicted octanol–water partition coefficient (Wildman–Crippen LogP) is 6.36. The van der Waals surface area contributed by atoms with E-state index in [-0.39, 0.29) is 18.2 Å². The van der Waals surface area contributed by atoms with E-state index in [1.165, 1.54) is 22.3 Å². The summed E-state index contributed by atoms with van der Waals surface area (Å²) in [5.41, 5.74) is 5.70. The molecule has 170 valence electrons. The van der Waals surface area contributed by atoms with E-state index < -0.39 is 6.10 Å². The average Bonchev–Trinajstić information content (AvgIpc) is 2.76. The number of halogens is 1. The fourth-order valence-electron chi connectivity index (χ4n) is 3.94. The molecule has 0 saturated carbocycles. The molecule has 0 spiro atoms. The lowest BCUT2D eigenvalue weighted by atomic mass is 9.94. The van der Waals surface area contributed by atoms with Crippen molar-refractivity contribution >= 4 is 11.6 Å². The molecule has 32 heavy (non-hydrogen) atoms. The standard InChI is InChI=1S/C28H34ClNO2/c1-20-9-7-11-23(15-20)27-14-6-5-13-26(27)21(2)32-19-25(31)18-30-28(3,4)17-22-10-8-12-24(29)16-22/h5-16,21,25,30-31H,17-19H2,1-4H3/t21?,25-/m1/s1. The number of hydrogen-bond donors (Lipinski definition) is 2. The monoisotopic (exact) mass is 451 g/mol. The summed E-state index contributed by atoms with van der Waals surface area (Å²) < 4.78 is 6.07. The summed E-state index contributed by atoms with van der Waals surface area (Å²) in [4.78, 5) is 0. The minimum absolute atomic E-state index is 0.124. The minimum Gasteiger partial charge on any atom is -0.389 e. The van der Waals surface area contributed by atoms with Crippen LogP contribution >= 0.6 is 11.6 Å². The second-order valence-corrected chi connectivity index (χ2v) is 9.59. The van der Waals surface area contributed by atoms with E-state index in [0.29, 0.717) is 6.54 Å². The molecule has 2 N–H and O–H groups in total. The van der Waals surface area contributed by atoms with Crippen LogP contribution < -0.4 is 5.32 Å². The molecule has 0 radical (unpaired) electrons. The summed E-state index contributed by atoms with van der Waals surface area (Å²) in [6.45, 7) is 9.12. The Morgan fingerprint density at radius 3 is 2.50 bits per heavy atom. The zero-order chi connectivity index (χ0) is 23.1. The average molecular weight is 452 g/mol. The maximum Gasteiger partial charge on any atom is 0.0898 e. The topological polar surface area (TPSA) is 41.5 Å². The Balaban J connectivity index is 1.54. The van der Waals surface area contributed by atoms with Gasteiger partial charge in [-0.2, -0.15) is 0 Å². The molecule has 0 aliphatic carbocycles. The van der Waals surface area contributed by atoms with E-state index in [4.69, 9.17) is 16.3 Å². The van der Waals surface area contributed by atoms with Crippen molar-refractivity contribution in [2.75, 3.05) is 13.2 Å². The first-order valence-electron chi connectivity index (χ1n) is 11.2. The van der Waals surface area contributed by atoms with Crippen LogP contribution in [0.2, 0.25) is 5.02 Å². The lowest BCUT2D eigenvalue weighted by Crippen LogP contribution is -2.46. The summed E-state index contributed by atoms with van der Waals surface area (Å²) in [5, 5.41) is 14.7. The molecule has 0 amide bonds. The summed E-state index contributed by atoms with van der Waals surface area (Å²) in [6.07, 6.45) is 0.101. The number of aryl methyl sites for hydroxylation is 1. The van der Waals surface area contributed by atoms with Crippen LogP contribution in [0.4, 0.5) is 0 Å². The molecule has 0 aliphatic rings. The number of aliphatic hydroxyl groups excluding tert-OH is 1. The van der Waals surface area contributed by atoms with E-state index >= 15 is 0 Å². The third-order valence-corrected chi connectivity index (χ3v) is 5.85. The molecule has 2 atom stereocenters. The number of aliphatic hydroxyl groups is 1. The van der Waals surface area contributed by atoms with Gasteiger partial charge >= 0.3 is 0 Å². The van der Waals surface area contributed by atoms with Crippen LogP contribution in [0.1, 0.15) is 43.6 Å². The van der Waals surface area contributed by atoms with E-state index in [1.54, 1.807) is 0 Å². The van der Waals surface area contributed by atoms with Crippen LogP contribution in [0.3, 0.4) is 0 Å². The highest BCUT2D eigenvalue weighted by molar-refractivity contribution is 6.30. The van der Waals surface area contributed by atoms with Crippen LogP contribution in [-0.4, -0.2) is 29.9 Å². The van der Waals surface area contributed by atoms with Gasteiger partial charge in [0.2, 0.25) is 0 Å². The van der Waals surface area contributed by atoms with Gasteiger partial charge in [-0.1, -0.05) is 77.8 Å². The molecule has 3 rings (SSSR count). The van der Waals surface area contributed by atoms with Crippen molar-refractivity contribution in [3.05, 3.63) is 94.5 Å². The van der Waals surface area contributed by atoms with Crippen LogP contribution in [0.5, 0.6) is 0 Å². The quantitative estimate of drug-likeness (QED) is 0.376. The highest BCUT2D eigenvalue weighted by Crippen LogP contribution is 2.30. The molecule has 0 bridgehead atoms. The maximum atomic E-state index is 10.5. The van der Waals surface area contributed by atoms with Crippen LogP contribution in [-0.2, 0) is 11.2 Å². The first-order chi connectivity index (χ1) is 15.2. The van der Waals surface area contributed by atoms with Gasteiger partial charge in [0.15, 0.2) is 0 Å². The van der Waals surface area contributed by atoms with Gasteiger partial charge in [-0.3, -0.25) is 0 Å². The van der Waals surface area contributed by atoms with E-state index in [9.17, 15) is 5.11 Å². The summed E-state index contributed by atoms with van der Waals surface area (Å²) >= 11 is 6.10. The van der Waals surface area contributed by atoms with Crippen molar-refractivity contribution in [1.82, 2.24) is 5.32 Å². The Morgan fingerprint density at radius 1 is 1.00 bits per heavy atom. The molecule has 3 aromatic rings. The van der Waals surface area contributed by atoms with E-state index in [1.807, 2.05) is 31.2 Å². The van der Waals surface area contributed by atoms with Crippen LogP contribution in [0.15, 0.2) is 72.8 Å². The largest absolute Gasteiger partial charge is 0.389 e. The van der Waals surface area contributed by atoms with Crippen molar-refractivity contribution in [3.63, 3.8) is 0 Å². The number of β-amino-alcohol motifs (C(OH)–C–C–N with tert-alkyl or cyclic N) is 1. The van der Waals surface area contributed by atoms with Crippen LogP contribution in [0, 0.1) is 6.92 Å². The number of rotatable bonds is 10. The normalized spacial score (nSPS) is 13.7. The molecule has 0 aliphatic heterocycles. The molecule has 0 aromatic heterocycles. The molecule has 0 heterocycles. The van der Waals surface area contributed by atoms with Gasteiger partial charge in [-0.05, 0) is 68.5 Å². The van der Waals surface area contributed by atoms with Crippen LogP contribution in [0.25, 0.3) is 11.1 Å². The van der Waals surface area contributed by atoms with Crippen molar-refractivity contribution < 1.29 is 9.84 Å². The first-order valence-corrected chi connectivity index (χ1v) is 11.6. The molecule has 4 heteroatoms. The number of nitrogens with one attached hydrogen (secondary N) is 1. The van der Waals surface area contributed by atoms with Crippen molar-refractivity contribution in [1.29, 1.82) is 0 Å². The first kappa shape index (κ1) is 24.5. The minimum atomic E-state index is -0.595. The second-order valence-electron chi connectivity index (χ2n) is 9.16. The Hall–Kier alpha value is -2.17. The fraction of sp³-hybridized carbons (Fsp3) is 0.357. The Bertz CT molecular complexity index is 1020. The number of benzene rings is 3. The SMILES string of the molecule is Cc1cccc(-c2ccccc2C(C)OC[C@H](O)CNC(C)(C)Cc2cccc(Cl)c2)c1. The third-order valence-electron chi connectivity index (χ3n) is 5.62. The maximum absolute atomic E-state index is 10.5. The van der Waals surface area contributed by atoms with E-state index in [2.05, 4.69) is 74.6 Å². The molecule has 0 saturated heterocycles. The molecular weight excluding hydrogens is 418 g/mol. The number of ether oxygens (including phenoxy) is 1. The van der Waals surface area contributed by atoms with E-state index in [0.717, 1.165) is 17.0 Å². The summed E-state index contributed by atoms with van der Waals surface area (Å²) in [5.74, 6) is 0. The third kappa shape index (κ3) is 7.18. The molecule has 1 unspecified atom stereocenters. The molecule has 0 fully saturated rings. The zero-order valence-electron chi connectivity index (χ0n) is 19.4. The van der Waals surface area contributed by atoms with Gasteiger partial charge in [0.25, 0.3) is 0 Å². The lowest BCUT2D eigenvalue weighted by Gasteiger charge is -2.28. The Morgan fingerprint density at radius 2 is 1.75 bits per heavy atom. The predicted molar refractivity (Wildman–Crippen MR) is 134 cm³/mol. The molecule has 3 nitrogen and oxygen atoms in total. The molecule has 3 aromatic carbocycles. The lowest BCUT2D eigenvalue weighted by molar-refractivity contribution is -0.00397. The highest BCUT2D eigenvalue weighted by Gasteiger charge is 2.20. The van der Waals surface area contributed by atoms with Crippen molar-refractivity contribution in [3.8, 4) is 11.1 Å². The smallest absolute Gasteiger partial charge is 0.0898 e. The van der Waals surface area contributed by atoms with Gasteiger partial charge in [-0.15, -0.1) is 0 Å². The summed E-state index contributed by atoms with van der Waals surface area (Å²) in [6, 6.07) is 24.7. The number of hydrogen-bond acceptors (Lipinski definition) is 3.